The summed E-state index contributed by atoms with van der Waals surface area (Å²) in [6.07, 6.45) is 0.722. The minimum atomic E-state index is -0.281. The van der Waals surface area contributed by atoms with Gasteiger partial charge in [0.25, 0.3) is 0 Å². The molecule has 3 heteroatoms. The molecule has 0 bridgehead atoms. The Morgan fingerprint density at radius 3 is 3.00 bits per heavy atom. The lowest BCUT2D eigenvalue weighted by atomic mass is 9.98. The molecule has 1 aliphatic heterocycles. The molecule has 0 spiro atoms. The molecule has 0 saturated heterocycles. The van der Waals surface area contributed by atoms with Crippen molar-refractivity contribution in [3.63, 3.8) is 0 Å². The highest BCUT2D eigenvalue weighted by molar-refractivity contribution is 5.95. The van der Waals surface area contributed by atoms with E-state index in [4.69, 9.17) is 9.47 Å². The summed E-state index contributed by atoms with van der Waals surface area (Å²) >= 11 is 0. The minimum absolute atomic E-state index is 0.0397. The molecule has 1 heterocycles. The number of hydrogen-bond acceptors (Lipinski definition) is 3. The van der Waals surface area contributed by atoms with E-state index in [1.165, 1.54) is 0 Å². The molecule has 0 fully saturated rings. The lowest BCUT2D eigenvalue weighted by Gasteiger charge is -2.22. The number of carbonyl (C=O) groups excluding carboxylic acids is 1. The molecule has 1 aromatic carbocycles. The van der Waals surface area contributed by atoms with Crippen molar-refractivity contribution < 1.29 is 14.3 Å². The molecule has 0 N–H and O–H groups in total. The van der Waals surface area contributed by atoms with Crippen LogP contribution in [-0.4, -0.2) is 19.2 Å². The molecule has 3 nitrogen and oxygen atoms in total. The van der Waals surface area contributed by atoms with E-state index in [1.807, 2.05) is 19.1 Å². The molecule has 14 heavy (non-hydrogen) atoms. The highest BCUT2D eigenvalue weighted by Crippen LogP contribution is 2.28. The third-order valence-electron chi connectivity index (χ3n) is 2.35. The monoisotopic (exact) mass is 192 g/mol. The van der Waals surface area contributed by atoms with Crippen LogP contribution in [0.1, 0.15) is 22.8 Å². The summed E-state index contributed by atoms with van der Waals surface area (Å²) < 4.78 is 10.3. The molecular formula is C11H12O3. The standard InChI is InChI=1S/C11H12O3/c1-7-6-8-4-3-5-9(13-2)10(8)11(12)14-7/h3-5,7H,6H2,1-2H3/t7-/m0/s1. The number of cyclic esters (lactones) is 1. The molecular weight excluding hydrogens is 180 g/mol. The van der Waals surface area contributed by atoms with Crippen molar-refractivity contribution in [2.75, 3.05) is 7.11 Å². The van der Waals surface area contributed by atoms with Gasteiger partial charge in [0.15, 0.2) is 0 Å². The molecule has 1 aromatic rings. The van der Waals surface area contributed by atoms with Gasteiger partial charge in [0.05, 0.1) is 7.11 Å². The van der Waals surface area contributed by atoms with Crippen molar-refractivity contribution in [3.8, 4) is 5.75 Å². The zero-order chi connectivity index (χ0) is 10.1. The predicted molar refractivity (Wildman–Crippen MR) is 51.6 cm³/mol. The van der Waals surface area contributed by atoms with E-state index in [0.717, 1.165) is 12.0 Å². The molecule has 0 amide bonds. The van der Waals surface area contributed by atoms with Gasteiger partial charge in [0, 0.05) is 6.42 Å². The van der Waals surface area contributed by atoms with E-state index in [2.05, 4.69) is 0 Å². The Kier molecular flexibility index (Phi) is 2.15. The smallest absolute Gasteiger partial charge is 0.342 e. The fourth-order valence-corrected chi connectivity index (χ4v) is 1.74. The topological polar surface area (TPSA) is 35.5 Å². The summed E-state index contributed by atoms with van der Waals surface area (Å²) in [7, 11) is 1.56. The number of esters is 1. The van der Waals surface area contributed by atoms with Crippen LogP contribution in [0.3, 0.4) is 0 Å². The zero-order valence-corrected chi connectivity index (χ0v) is 8.24. The van der Waals surface area contributed by atoms with Crippen LogP contribution in [0.15, 0.2) is 18.2 Å². The predicted octanol–water partition coefficient (Wildman–Crippen LogP) is 1.80. The Morgan fingerprint density at radius 2 is 2.29 bits per heavy atom. The molecule has 74 valence electrons. The van der Waals surface area contributed by atoms with Crippen LogP contribution in [0.2, 0.25) is 0 Å². The molecule has 0 saturated carbocycles. The second kappa shape index (κ2) is 3.33. The average Bonchev–Trinajstić information content (AvgIpc) is 2.16. The van der Waals surface area contributed by atoms with E-state index in [-0.39, 0.29) is 12.1 Å². The lowest BCUT2D eigenvalue weighted by Crippen LogP contribution is -2.25. The molecule has 2 rings (SSSR count). The fourth-order valence-electron chi connectivity index (χ4n) is 1.74. The largest absolute Gasteiger partial charge is 0.496 e. The molecule has 0 aromatic heterocycles. The Morgan fingerprint density at radius 1 is 1.50 bits per heavy atom. The number of hydrogen-bond donors (Lipinski definition) is 0. The van der Waals surface area contributed by atoms with E-state index in [9.17, 15) is 4.79 Å². The maximum atomic E-state index is 11.6. The van der Waals surface area contributed by atoms with Crippen molar-refractivity contribution in [1.29, 1.82) is 0 Å². The first kappa shape index (κ1) is 9.06. The van der Waals surface area contributed by atoms with Crippen LogP contribution in [0.4, 0.5) is 0 Å². The van der Waals surface area contributed by atoms with Crippen LogP contribution in [-0.2, 0) is 11.2 Å². The van der Waals surface area contributed by atoms with E-state index in [1.54, 1.807) is 13.2 Å². The van der Waals surface area contributed by atoms with Crippen molar-refractivity contribution in [2.45, 2.75) is 19.4 Å². The maximum Gasteiger partial charge on any atom is 0.342 e. The summed E-state index contributed by atoms with van der Waals surface area (Å²) in [4.78, 5) is 11.6. The second-order valence-electron chi connectivity index (χ2n) is 3.41. The van der Waals surface area contributed by atoms with E-state index >= 15 is 0 Å². The summed E-state index contributed by atoms with van der Waals surface area (Å²) in [5.74, 6) is 0.315. The quantitative estimate of drug-likeness (QED) is 0.636. The fraction of sp³-hybridized carbons (Fsp3) is 0.364. The first-order valence-corrected chi connectivity index (χ1v) is 4.59. The molecule has 0 aliphatic carbocycles. The summed E-state index contributed by atoms with van der Waals surface area (Å²) in [5, 5.41) is 0. The highest BCUT2D eigenvalue weighted by Gasteiger charge is 2.26. The number of ether oxygens (including phenoxy) is 2. The highest BCUT2D eigenvalue weighted by atomic mass is 16.5. The first-order valence-electron chi connectivity index (χ1n) is 4.59. The Balaban J connectivity index is 2.53. The van der Waals surface area contributed by atoms with Gasteiger partial charge in [-0.3, -0.25) is 0 Å². The van der Waals surface area contributed by atoms with Gasteiger partial charge in [-0.1, -0.05) is 12.1 Å². The number of fused-ring (bicyclic) bond motifs is 1. The second-order valence-corrected chi connectivity index (χ2v) is 3.41. The Labute approximate surface area is 82.6 Å². The van der Waals surface area contributed by atoms with Gasteiger partial charge >= 0.3 is 5.97 Å². The van der Waals surface area contributed by atoms with Gasteiger partial charge in [-0.2, -0.15) is 0 Å². The number of benzene rings is 1. The van der Waals surface area contributed by atoms with Gasteiger partial charge in [0.1, 0.15) is 17.4 Å². The van der Waals surface area contributed by atoms with Crippen LogP contribution in [0.5, 0.6) is 5.75 Å². The van der Waals surface area contributed by atoms with Gasteiger partial charge < -0.3 is 9.47 Å². The van der Waals surface area contributed by atoms with Crippen LogP contribution >= 0.6 is 0 Å². The third-order valence-corrected chi connectivity index (χ3v) is 2.35. The number of carbonyl (C=O) groups is 1. The van der Waals surface area contributed by atoms with Gasteiger partial charge in [-0.25, -0.2) is 4.79 Å². The maximum absolute atomic E-state index is 11.6. The summed E-state index contributed by atoms with van der Waals surface area (Å²) in [6.45, 7) is 1.89. The van der Waals surface area contributed by atoms with Crippen LogP contribution in [0.25, 0.3) is 0 Å². The SMILES string of the molecule is COc1cccc2c1C(=O)O[C@@H](C)C2. The Hall–Kier alpha value is -1.51. The van der Waals surface area contributed by atoms with Gasteiger partial charge in [-0.15, -0.1) is 0 Å². The van der Waals surface area contributed by atoms with Crippen molar-refractivity contribution in [3.05, 3.63) is 29.3 Å². The van der Waals surface area contributed by atoms with E-state index < -0.39 is 0 Å². The third kappa shape index (κ3) is 1.35. The number of methoxy groups -OCH3 is 1. The van der Waals surface area contributed by atoms with Crippen molar-refractivity contribution in [2.24, 2.45) is 0 Å². The van der Waals surface area contributed by atoms with Crippen LogP contribution < -0.4 is 4.74 Å². The summed E-state index contributed by atoms with van der Waals surface area (Å²) in [6, 6.07) is 5.60. The lowest BCUT2D eigenvalue weighted by molar-refractivity contribution is 0.0297. The summed E-state index contributed by atoms with van der Waals surface area (Å²) in [5.41, 5.74) is 1.58. The van der Waals surface area contributed by atoms with Gasteiger partial charge in [0.2, 0.25) is 0 Å². The van der Waals surface area contributed by atoms with Crippen molar-refractivity contribution >= 4 is 5.97 Å². The Bertz CT molecular complexity index is 371. The number of rotatable bonds is 1. The average molecular weight is 192 g/mol. The van der Waals surface area contributed by atoms with Gasteiger partial charge in [-0.05, 0) is 18.6 Å². The minimum Gasteiger partial charge on any atom is -0.496 e. The molecule has 0 unspecified atom stereocenters. The first-order chi connectivity index (χ1) is 6.72. The van der Waals surface area contributed by atoms with Crippen LogP contribution in [0, 0.1) is 0 Å². The van der Waals surface area contributed by atoms with E-state index in [0.29, 0.717) is 11.3 Å². The molecule has 0 radical (unpaired) electrons. The molecule has 1 aliphatic rings. The molecule has 1 atom stereocenters. The zero-order valence-electron chi connectivity index (χ0n) is 8.24. The van der Waals surface area contributed by atoms with Crippen molar-refractivity contribution in [1.82, 2.24) is 0 Å². The normalized spacial score (nSPS) is 19.9.